The number of alkyl halides is 1. The molecule has 0 aliphatic carbocycles. The van der Waals surface area contributed by atoms with Gasteiger partial charge in [0, 0.05) is 5.54 Å². The molecule has 0 saturated heterocycles. The normalized spacial score (nSPS) is 13.6. The van der Waals surface area contributed by atoms with Crippen molar-refractivity contribution in [2.45, 2.75) is 52.2 Å². The van der Waals surface area contributed by atoms with E-state index in [0.717, 1.165) is 6.54 Å². The Morgan fingerprint density at radius 3 is 1.91 bits per heavy atom. The van der Waals surface area contributed by atoms with Gasteiger partial charge >= 0.3 is 0 Å². The molecule has 68 valence electrons. The molecule has 2 heteroatoms. The lowest BCUT2D eigenvalue weighted by Crippen LogP contribution is -2.43. The van der Waals surface area contributed by atoms with Gasteiger partial charge < -0.3 is 5.32 Å². The van der Waals surface area contributed by atoms with Gasteiger partial charge in [-0.2, -0.15) is 0 Å². The van der Waals surface area contributed by atoms with Crippen LogP contribution in [0.5, 0.6) is 0 Å². The molecule has 11 heavy (non-hydrogen) atoms. The predicted octanol–water partition coefficient (Wildman–Crippen LogP) is 2.51. The van der Waals surface area contributed by atoms with Crippen LogP contribution in [-0.4, -0.2) is 17.8 Å². The summed E-state index contributed by atoms with van der Waals surface area (Å²) in [5.41, 5.74) is -1.17. The molecule has 0 bridgehead atoms. The van der Waals surface area contributed by atoms with Crippen LogP contribution in [-0.2, 0) is 0 Å². The largest absolute Gasteiger partial charge is 0.312 e. The Kier molecular flexibility index (Phi) is 3.49. The first kappa shape index (κ1) is 10.9. The van der Waals surface area contributed by atoms with Gasteiger partial charge in [0.2, 0.25) is 0 Å². The highest BCUT2D eigenvalue weighted by Crippen LogP contribution is 2.22. The van der Waals surface area contributed by atoms with E-state index in [9.17, 15) is 4.39 Å². The van der Waals surface area contributed by atoms with Crippen molar-refractivity contribution in [2.24, 2.45) is 0 Å². The van der Waals surface area contributed by atoms with Gasteiger partial charge in [-0.05, 0) is 40.7 Å². The molecule has 0 aromatic carbocycles. The lowest BCUT2D eigenvalue weighted by Gasteiger charge is -2.30. The molecule has 0 heterocycles. The summed E-state index contributed by atoms with van der Waals surface area (Å²) in [5, 5.41) is 3.24. The van der Waals surface area contributed by atoms with Crippen molar-refractivity contribution in [1.82, 2.24) is 5.32 Å². The standard InChI is InChI=1S/C9H20FN/c1-6-11-9(4,5)7-8(2,3)10/h11H,6-7H2,1-5H3. The van der Waals surface area contributed by atoms with E-state index >= 15 is 0 Å². The van der Waals surface area contributed by atoms with Crippen LogP contribution in [0.2, 0.25) is 0 Å². The van der Waals surface area contributed by atoms with E-state index in [4.69, 9.17) is 0 Å². The third-order valence-corrected chi connectivity index (χ3v) is 1.52. The van der Waals surface area contributed by atoms with Crippen molar-refractivity contribution in [3.05, 3.63) is 0 Å². The molecule has 0 amide bonds. The maximum absolute atomic E-state index is 13.2. The molecule has 0 aromatic rings. The fourth-order valence-electron chi connectivity index (χ4n) is 1.59. The summed E-state index contributed by atoms with van der Waals surface area (Å²) in [6.45, 7) is 10.2. The van der Waals surface area contributed by atoms with E-state index in [1.54, 1.807) is 13.8 Å². The molecule has 0 radical (unpaired) electrons. The number of rotatable bonds is 4. The molecule has 0 aromatic heterocycles. The molecule has 0 atom stereocenters. The average molecular weight is 161 g/mol. The average Bonchev–Trinajstić information content (AvgIpc) is 1.55. The van der Waals surface area contributed by atoms with Gasteiger partial charge in [-0.1, -0.05) is 6.92 Å². The van der Waals surface area contributed by atoms with Gasteiger partial charge in [-0.3, -0.25) is 0 Å². The minimum Gasteiger partial charge on any atom is -0.312 e. The van der Waals surface area contributed by atoms with E-state index in [1.165, 1.54) is 0 Å². The van der Waals surface area contributed by atoms with Crippen LogP contribution in [0.25, 0.3) is 0 Å². The van der Waals surface area contributed by atoms with Crippen molar-refractivity contribution >= 4 is 0 Å². The Morgan fingerprint density at radius 1 is 1.18 bits per heavy atom. The summed E-state index contributed by atoms with van der Waals surface area (Å²) in [6.07, 6.45) is 0.549. The molecular weight excluding hydrogens is 141 g/mol. The minimum absolute atomic E-state index is 0.0903. The molecule has 0 aliphatic heterocycles. The van der Waals surface area contributed by atoms with E-state index in [0.29, 0.717) is 6.42 Å². The number of hydrogen-bond donors (Lipinski definition) is 1. The van der Waals surface area contributed by atoms with Gasteiger partial charge in [0.05, 0.1) is 0 Å². The van der Waals surface area contributed by atoms with Gasteiger partial charge in [0.15, 0.2) is 0 Å². The fraction of sp³-hybridized carbons (Fsp3) is 1.00. The Labute approximate surface area is 69.4 Å². The second-order valence-electron chi connectivity index (χ2n) is 4.31. The molecule has 0 spiro atoms. The number of hydrogen-bond acceptors (Lipinski definition) is 1. The van der Waals surface area contributed by atoms with Crippen LogP contribution in [0.15, 0.2) is 0 Å². The number of nitrogens with one attached hydrogen (secondary N) is 1. The summed E-state index contributed by atoms with van der Waals surface area (Å²) in [4.78, 5) is 0. The molecule has 0 aliphatic rings. The van der Waals surface area contributed by atoms with E-state index in [-0.39, 0.29) is 5.54 Å². The van der Waals surface area contributed by atoms with Crippen molar-refractivity contribution < 1.29 is 4.39 Å². The first-order chi connectivity index (χ1) is 4.77. The zero-order valence-electron chi connectivity index (χ0n) is 8.29. The number of halogens is 1. The third kappa shape index (κ3) is 6.29. The third-order valence-electron chi connectivity index (χ3n) is 1.52. The molecule has 0 unspecified atom stereocenters. The summed E-state index contributed by atoms with van der Waals surface area (Å²) in [5.74, 6) is 0. The van der Waals surface area contributed by atoms with Crippen LogP contribution in [0.3, 0.4) is 0 Å². The van der Waals surface area contributed by atoms with E-state index < -0.39 is 5.67 Å². The Morgan fingerprint density at radius 2 is 1.64 bits per heavy atom. The second-order valence-corrected chi connectivity index (χ2v) is 4.31. The molecular formula is C9H20FN. The zero-order chi connectivity index (χ0) is 9.12. The molecule has 0 fully saturated rings. The smallest absolute Gasteiger partial charge is 0.107 e. The fourth-order valence-corrected chi connectivity index (χ4v) is 1.59. The first-order valence-electron chi connectivity index (χ1n) is 4.21. The summed E-state index contributed by atoms with van der Waals surface area (Å²) in [6, 6.07) is 0. The Bertz CT molecular complexity index is 113. The summed E-state index contributed by atoms with van der Waals surface area (Å²) < 4.78 is 13.2. The van der Waals surface area contributed by atoms with Crippen LogP contribution in [0, 0.1) is 0 Å². The lowest BCUT2D eigenvalue weighted by molar-refractivity contribution is 0.150. The molecule has 1 nitrogen and oxygen atoms in total. The van der Waals surface area contributed by atoms with E-state index in [1.807, 2.05) is 20.8 Å². The first-order valence-corrected chi connectivity index (χ1v) is 4.21. The van der Waals surface area contributed by atoms with Crippen molar-refractivity contribution in [3.63, 3.8) is 0 Å². The summed E-state index contributed by atoms with van der Waals surface area (Å²) >= 11 is 0. The van der Waals surface area contributed by atoms with Gasteiger partial charge in [-0.25, -0.2) is 4.39 Å². The van der Waals surface area contributed by atoms with Crippen LogP contribution in [0.1, 0.15) is 41.0 Å². The van der Waals surface area contributed by atoms with Crippen molar-refractivity contribution in [3.8, 4) is 0 Å². The highest BCUT2D eigenvalue weighted by Gasteiger charge is 2.27. The molecule has 0 rings (SSSR count). The molecule has 0 saturated carbocycles. The highest BCUT2D eigenvalue weighted by atomic mass is 19.1. The minimum atomic E-state index is -1.08. The van der Waals surface area contributed by atoms with Gasteiger partial charge in [0.1, 0.15) is 5.67 Å². The van der Waals surface area contributed by atoms with Gasteiger partial charge in [-0.15, -0.1) is 0 Å². The van der Waals surface area contributed by atoms with Gasteiger partial charge in [0.25, 0.3) is 0 Å². The monoisotopic (exact) mass is 161 g/mol. The topological polar surface area (TPSA) is 12.0 Å². The molecule has 1 N–H and O–H groups in total. The Hall–Kier alpha value is -0.110. The van der Waals surface area contributed by atoms with Crippen molar-refractivity contribution in [2.75, 3.05) is 6.54 Å². The second kappa shape index (κ2) is 3.53. The maximum atomic E-state index is 13.2. The van der Waals surface area contributed by atoms with Crippen molar-refractivity contribution in [1.29, 1.82) is 0 Å². The van der Waals surface area contributed by atoms with E-state index in [2.05, 4.69) is 5.32 Å². The highest BCUT2D eigenvalue weighted by molar-refractivity contribution is 4.84. The maximum Gasteiger partial charge on any atom is 0.107 e. The quantitative estimate of drug-likeness (QED) is 0.668. The summed E-state index contributed by atoms with van der Waals surface area (Å²) in [7, 11) is 0. The lowest BCUT2D eigenvalue weighted by atomic mass is 9.91. The SMILES string of the molecule is CCNC(C)(C)CC(C)(C)F. The predicted molar refractivity (Wildman–Crippen MR) is 47.6 cm³/mol. The zero-order valence-corrected chi connectivity index (χ0v) is 8.29. The van der Waals surface area contributed by atoms with Crippen LogP contribution in [0.4, 0.5) is 4.39 Å². The van der Waals surface area contributed by atoms with Crippen LogP contribution < -0.4 is 5.32 Å². The Balaban J connectivity index is 3.91. The van der Waals surface area contributed by atoms with Crippen LogP contribution >= 0.6 is 0 Å².